The van der Waals surface area contributed by atoms with Crippen LogP contribution in [0.15, 0.2) is 0 Å². The Morgan fingerprint density at radius 1 is 0.929 bits per heavy atom. The third-order valence-corrected chi connectivity index (χ3v) is 7.12. The molecule has 0 heterocycles. The molecule has 1 N–H and O–H groups in total. The minimum absolute atomic E-state index is 0. The Kier molecular flexibility index (Phi) is 22.3. The third kappa shape index (κ3) is 7.53. The normalized spacial score (nSPS) is 9.43. The van der Waals surface area contributed by atoms with E-state index in [4.69, 9.17) is 9.53 Å². The van der Waals surface area contributed by atoms with E-state index in [2.05, 4.69) is 20.8 Å². The van der Waals surface area contributed by atoms with Gasteiger partial charge in [0, 0.05) is 0 Å². The molecule has 0 radical (unpaired) electrons. The Morgan fingerprint density at radius 2 is 1.29 bits per heavy atom. The summed E-state index contributed by atoms with van der Waals surface area (Å²) in [4.78, 5) is 0. The van der Waals surface area contributed by atoms with Crippen molar-refractivity contribution in [3.8, 4) is 0 Å². The maximum Gasteiger partial charge on any atom is 0.192 e. The number of rotatable bonds is 6. The second-order valence-corrected chi connectivity index (χ2v) is 7.59. The van der Waals surface area contributed by atoms with Gasteiger partial charge in [-0.3, -0.25) is 0 Å². The van der Waals surface area contributed by atoms with Crippen LogP contribution < -0.4 is 0 Å². The van der Waals surface area contributed by atoms with Crippen molar-refractivity contribution in [1.82, 2.24) is 0 Å². The van der Waals surface area contributed by atoms with Crippen LogP contribution in [0, 0.1) is 0 Å². The number of hydrogen-bond donors (Lipinski definition) is 1. The summed E-state index contributed by atoms with van der Waals surface area (Å²) in [6.45, 7) is 7.26. The molecule has 0 unspecified atom stereocenters. The molecule has 0 aromatic rings. The van der Waals surface area contributed by atoms with E-state index in [1.807, 2.05) is 0 Å². The molecule has 0 saturated heterocycles. The summed E-state index contributed by atoms with van der Waals surface area (Å²) in [6, 6.07) is 3.50. The van der Waals surface area contributed by atoms with Gasteiger partial charge in [0.25, 0.3) is 0 Å². The molecule has 0 saturated carbocycles. The quantitative estimate of drug-likeness (QED) is 0.693. The first kappa shape index (κ1) is 23.7. The van der Waals surface area contributed by atoms with Crippen molar-refractivity contribution >= 4 is 8.32 Å². The average Bonchev–Trinajstić information content (AvgIpc) is 2.08. The van der Waals surface area contributed by atoms with Gasteiger partial charge in [-0.15, -0.1) is 0 Å². The van der Waals surface area contributed by atoms with Crippen molar-refractivity contribution in [3.63, 3.8) is 0 Å². The summed E-state index contributed by atoms with van der Waals surface area (Å²) in [6.07, 6.45) is 0. The molecule has 0 spiro atoms. The van der Waals surface area contributed by atoms with Gasteiger partial charge in [-0.1, -0.05) is 43.1 Å². The molecule has 0 aliphatic rings. The molecule has 14 heavy (non-hydrogen) atoms. The van der Waals surface area contributed by atoms with E-state index in [9.17, 15) is 0 Å². The Morgan fingerprint density at radius 3 is 1.50 bits per heavy atom. The number of aliphatic hydroxyl groups excluding tert-OH is 1. The average molecular weight is 224 g/mol. The van der Waals surface area contributed by atoms with Crippen molar-refractivity contribution in [2.45, 2.75) is 61.2 Å². The fourth-order valence-electron chi connectivity index (χ4n) is 1.32. The van der Waals surface area contributed by atoms with Crippen LogP contribution in [0.3, 0.4) is 0 Å². The molecular formula is C11H32O2Si. The number of aliphatic hydroxyl groups is 1. The molecule has 0 aromatic heterocycles. The summed E-state index contributed by atoms with van der Waals surface area (Å²) in [7, 11) is -1.40. The molecule has 0 rings (SSSR count). The minimum atomic E-state index is -1.40. The van der Waals surface area contributed by atoms with E-state index < -0.39 is 8.32 Å². The molecule has 0 fully saturated rings. The van der Waals surface area contributed by atoms with Gasteiger partial charge >= 0.3 is 0 Å². The van der Waals surface area contributed by atoms with Crippen molar-refractivity contribution in [2.75, 3.05) is 13.2 Å². The molecule has 3 heteroatoms. The molecule has 0 amide bonds. The molecule has 0 aliphatic heterocycles. The second kappa shape index (κ2) is 13.1. The summed E-state index contributed by atoms with van der Waals surface area (Å²) in [5.74, 6) is 0. The van der Waals surface area contributed by atoms with Crippen LogP contribution in [-0.2, 0) is 4.43 Å². The van der Waals surface area contributed by atoms with Crippen LogP contribution in [0.2, 0.25) is 18.1 Å². The highest BCUT2D eigenvalue weighted by Crippen LogP contribution is 2.20. The van der Waals surface area contributed by atoms with Crippen LogP contribution in [-0.4, -0.2) is 26.6 Å². The van der Waals surface area contributed by atoms with Crippen molar-refractivity contribution in [2.24, 2.45) is 0 Å². The van der Waals surface area contributed by atoms with Gasteiger partial charge in [-0.05, 0) is 18.1 Å². The lowest BCUT2D eigenvalue weighted by Gasteiger charge is -2.27. The van der Waals surface area contributed by atoms with Crippen LogP contribution in [0.4, 0.5) is 0 Å². The first-order valence-corrected chi connectivity index (χ1v) is 7.02. The highest BCUT2D eigenvalue weighted by atomic mass is 28.4. The predicted octanol–water partition coefficient (Wildman–Crippen LogP) is 3.91. The summed E-state index contributed by atoms with van der Waals surface area (Å²) < 4.78 is 5.72. The smallest absolute Gasteiger partial charge is 0.192 e. The van der Waals surface area contributed by atoms with Crippen LogP contribution in [0.25, 0.3) is 0 Å². The maximum absolute atomic E-state index is 8.61. The highest BCUT2D eigenvalue weighted by molar-refractivity contribution is 6.73. The standard InChI is InChI=1S/C8H20O2Si.3CH4/c1-4-11(5-2,6-3)10-8-7-9;;;/h9H,4-8H2,1-3H3;3*1H4. The maximum atomic E-state index is 8.61. The topological polar surface area (TPSA) is 29.5 Å². The van der Waals surface area contributed by atoms with Crippen LogP contribution in [0.5, 0.6) is 0 Å². The van der Waals surface area contributed by atoms with E-state index in [0.717, 1.165) is 0 Å². The first-order valence-electron chi connectivity index (χ1n) is 4.49. The van der Waals surface area contributed by atoms with E-state index >= 15 is 0 Å². The Balaban J connectivity index is -0.000000167. The SMILES string of the molecule is C.C.C.CC[Si](CC)(CC)OCCO. The van der Waals surface area contributed by atoms with E-state index in [-0.39, 0.29) is 28.9 Å². The summed E-state index contributed by atoms with van der Waals surface area (Å²) in [5.41, 5.74) is 0. The van der Waals surface area contributed by atoms with E-state index in [0.29, 0.717) is 6.61 Å². The third-order valence-electron chi connectivity index (χ3n) is 2.43. The lowest BCUT2D eigenvalue weighted by atomic mass is 10.8. The van der Waals surface area contributed by atoms with Gasteiger partial charge in [0.2, 0.25) is 0 Å². The molecule has 0 aliphatic carbocycles. The van der Waals surface area contributed by atoms with Gasteiger partial charge < -0.3 is 9.53 Å². The first-order chi connectivity index (χ1) is 5.24. The minimum Gasteiger partial charge on any atom is -0.414 e. The molecule has 0 bridgehead atoms. The molecule has 92 valence electrons. The Hall–Kier alpha value is 0.137. The summed E-state index contributed by atoms with van der Waals surface area (Å²) in [5, 5.41) is 8.61. The fraction of sp³-hybridized carbons (Fsp3) is 1.00. The highest BCUT2D eigenvalue weighted by Gasteiger charge is 2.27. The summed E-state index contributed by atoms with van der Waals surface area (Å²) >= 11 is 0. The van der Waals surface area contributed by atoms with Gasteiger partial charge in [0.05, 0.1) is 13.2 Å². The van der Waals surface area contributed by atoms with E-state index in [1.54, 1.807) is 0 Å². The lowest BCUT2D eigenvalue weighted by molar-refractivity contribution is 0.192. The molecule has 2 nitrogen and oxygen atoms in total. The van der Waals surface area contributed by atoms with Crippen LogP contribution in [0.1, 0.15) is 43.1 Å². The Bertz CT molecular complexity index is 85.0. The predicted molar refractivity (Wildman–Crippen MR) is 70.4 cm³/mol. The molecule has 0 atom stereocenters. The largest absolute Gasteiger partial charge is 0.414 e. The number of hydrogen-bond acceptors (Lipinski definition) is 2. The Labute approximate surface area is 92.8 Å². The van der Waals surface area contributed by atoms with Gasteiger partial charge in [0.1, 0.15) is 0 Å². The second-order valence-electron chi connectivity index (χ2n) is 2.82. The van der Waals surface area contributed by atoms with Gasteiger partial charge in [-0.2, -0.15) is 0 Å². The zero-order chi connectivity index (χ0) is 8.74. The lowest BCUT2D eigenvalue weighted by Crippen LogP contribution is -2.36. The van der Waals surface area contributed by atoms with Crippen LogP contribution >= 0.6 is 0 Å². The molecule has 0 aromatic carbocycles. The van der Waals surface area contributed by atoms with Gasteiger partial charge in [0.15, 0.2) is 8.32 Å². The zero-order valence-electron chi connectivity index (χ0n) is 7.89. The van der Waals surface area contributed by atoms with E-state index in [1.165, 1.54) is 18.1 Å². The van der Waals surface area contributed by atoms with Crippen molar-refractivity contribution in [1.29, 1.82) is 0 Å². The van der Waals surface area contributed by atoms with Crippen molar-refractivity contribution in [3.05, 3.63) is 0 Å². The van der Waals surface area contributed by atoms with Crippen molar-refractivity contribution < 1.29 is 9.53 Å². The van der Waals surface area contributed by atoms with Gasteiger partial charge in [-0.25, -0.2) is 0 Å². The fourth-order valence-corrected chi connectivity index (χ4v) is 3.96. The molecular weight excluding hydrogens is 192 g/mol. The monoisotopic (exact) mass is 224 g/mol. The zero-order valence-corrected chi connectivity index (χ0v) is 8.89.